The van der Waals surface area contributed by atoms with Gasteiger partial charge in [0, 0.05) is 31.4 Å². The lowest BCUT2D eigenvalue weighted by Gasteiger charge is -2.20. The van der Waals surface area contributed by atoms with Crippen molar-refractivity contribution in [2.45, 2.75) is 59.5 Å². The molecule has 0 aliphatic rings. The largest absolute Gasteiger partial charge is 0.310 e. The van der Waals surface area contributed by atoms with Gasteiger partial charge in [-0.2, -0.15) is 5.10 Å². The average Bonchev–Trinajstić information content (AvgIpc) is 2.60. The number of rotatable bonds is 6. The summed E-state index contributed by atoms with van der Waals surface area (Å²) in [5.41, 5.74) is 2.56. The maximum atomic E-state index is 4.54. The molecule has 0 fully saturated rings. The molecule has 0 aliphatic heterocycles. The molecule has 0 aliphatic carbocycles. The molecule has 0 saturated carbocycles. The fraction of sp³-hybridized carbons (Fsp3) is 0.786. The van der Waals surface area contributed by atoms with E-state index in [1.165, 1.54) is 17.7 Å². The van der Waals surface area contributed by atoms with Gasteiger partial charge in [-0.25, -0.2) is 0 Å². The molecule has 1 heterocycles. The maximum absolute atomic E-state index is 4.54. The lowest BCUT2D eigenvalue weighted by atomic mass is 10.0. The van der Waals surface area contributed by atoms with Crippen molar-refractivity contribution in [1.82, 2.24) is 15.1 Å². The van der Waals surface area contributed by atoms with E-state index >= 15 is 0 Å². The fourth-order valence-electron chi connectivity index (χ4n) is 2.27. The first-order valence-corrected chi connectivity index (χ1v) is 6.71. The van der Waals surface area contributed by atoms with E-state index in [-0.39, 0.29) is 0 Å². The Hall–Kier alpha value is -0.830. The van der Waals surface area contributed by atoms with Crippen LogP contribution in [0.15, 0.2) is 6.20 Å². The van der Waals surface area contributed by atoms with E-state index in [2.05, 4.69) is 51.2 Å². The molecule has 0 amide bonds. The topological polar surface area (TPSA) is 29.9 Å². The Morgan fingerprint density at radius 3 is 2.41 bits per heavy atom. The molecule has 1 N–H and O–H groups in total. The van der Waals surface area contributed by atoms with Crippen LogP contribution in [0.25, 0.3) is 0 Å². The van der Waals surface area contributed by atoms with Crippen LogP contribution in [0.1, 0.15) is 58.2 Å². The second-order valence-electron chi connectivity index (χ2n) is 5.51. The number of aromatic nitrogens is 2. The van der Waals surface area contributed by atoms with E-state index in [0.717, 1.165) is 6.54 Å². The zero-order valence-corrected chi connectivity index (χ0v) is 12.1. The third kappa shape index (κ3) is 3.84. The van der Waals surface area contributed by atoms with Crippen LogP contribution >= 0.6 is 0 Å². The van der Waals surface area contributed by atoms with Crippen molar-refractivity contribution < 1.29 is 0 Å². The molecule has 0 saturated heterocycles. The molecule has 0 spiro atoms. The van der Waals surface area contributed by atoms with Crippen LogP contribution in [-0.2, 0) is 13.6 Å². The lowest BCUT2D eigenvalue weighted by Crippen LogP contribution is -2.32. The highest BCUT2D eigenvalue weighted by molar-refractivity contribution is 5.20. The Bertz CT molecular complexity index is 339. The lowest BCUT2D eigenvalue weighted by molar-refractivity contribution is 0.387. The van der Waals surface area contributed by atoms with E-state index in [4.69, 9.17) is 0 Å². The zero-order chi connectivity index (χ0) is 13.0. The van der Waals surface area contributed by atoms with Gasteiger partial charge in [-0.1, -0.05) is 34.6 Å². The van der Waals surface area contributed by atoms with Crippen molar-refractivity contribution in [1.29, 1.82) is 0 Å². The van der Waals surface area contributed by atoms with Crippen LogP contribution in [0.3, 0.4) is 0 Å². The summed E-state index contributed by atoms with van der Waals surface area (Å²) < 4.78 is 1.92. The van der Waals surface area contributed by atoms with Gasteiger partial charge in [0.2, 0.25) is 0 Å². The van der Waals surface area contributed by atoms with Gasteiger partial charge in [0.15, 0.2) is 0 Å². The molecule has 1 aromatic heterocycles. The molecule has 17 heavy (non-hydrogen) atoms. The number of aryl methyl sites for hydroxylation is 1. The van der Waals surface area contributed by atoms with E-state index in [1.54, 1.807) is 0 Å². The van der Waals surface area contributed by atoms with Crippen LogP contribution < -0.4 is 5.32 Å². The number of hydrogen-bond acceptors (Lipinski definition) is 2. The van der Waals surface area contributed by atoms with Gasteiger partial charge in [-0.05, 0) is 18.3 Å². The first-order valence-electron chi connectivity index (χ1n) is 6.71. The van der Waals surface area contributed by atoms with Gasteiger partial charge in [-0.15, -0.1) is 0 Å². The highest BCUT2D eigenvalue weighted by Crippen LogP contribution is 2.17. The Morgan fingerprint density at radius 1 is 1.29 bits per heavy atom. The third-order valence-electron chi connectivity index (χ3n) is 3.28. The van der Waals surface area contributed by atoms with Crippen molar-refractivity contribution in [2.24, 2.45) is 13.0 Å². The van der Waals surface area contributed by atoms with Crippen molar-refractivity contribution in [2.75, 3.05) is 0 Å². The van der Waals surface area contributed by atoms with Crippen LogP contribution in [0, 0.1) is 5.92 Å². The van der Waals surface area contributed by atoms with Gasteiger partial charge in [-0.3, -0.25) is 4.68 Å². The predicted octanol–water partition coefficient (Wildman–Crippen LogP) is 3.07. The van der Waals surface area contributed by atoms with Crippen molar-refractivity contribution >= 4 is 0 Å². The Labute approximate surface area is 106 Å². The van der Waals surface area contributed by atoms with Crippen LogP contribution in [-0.4, -0.2) is 15.8 Å². The summed E-state index contributed by atoms with van der Waals surface area (Å²) in [6, 6.07) is 0.593. The number of nitrogens with zero attached hydrogens (tertiary/aromatic N) is 2. The van der Waals surface area contributed by atoms with E-state index in [0.29, 0.717) is 17.9 Å². The molecular formula is C14H27N3. The van der Waals surface area contributed by atoms with Gasteiger partial charge in [0.1, 0.15) is 0 Å². The first kappa shape index (κ1) is 14.2. The minimum absolute atomic E-state index is 0.493. The highest BCUT2D eigenvalue weighted by atomic mass is 15.3. The molecule has 3 nitrogen and oxygen atoms in total. The van der Waals surface area contributed by atoms with Crippen LogP contribution in [0.5, 0.6) is 0 Å². The molecule has 1 aromatic rings. The molecular weight excluding hydrogens is 210 g/mol. The summed E-state index contributed by atoms with van der Waals surface area (Å²) in [4.78, 5) is 0. The maximum Gasteiger partial charge on any atom is 0.0694 e. The predicted molar refractivity (Wildman–Crippen MR) is 73.1 cm³/mol. The number of hydrogen-bond donors (Lipinski definition) is 1. The Morgan fingerprint density at radius 2 is 1.94 bits per heavy atom. The smallest absolute Gasteiger partial charge is 0.0694 e. The SMILES string of the molecule is CCC(NCc1cn(C)nc1C(C)C)C(C)C. The van der Waals surface area contributed by atoms with Crippen molar-refractivity contribution in [3.8, 4) is 0 Å². The summed E-state index contributed by atoms with van der Waals surface area (Å²) in [6.07, 6.45) is 3.31. The van der Waals surface area contributed by atoms with Crippen LogP contribution in [0.2, 0.25) is 0 Å². The molecule has 0 radical (unpaired) electrons. The minimum Gasteiger partial charge on any atom is -0.310 e. The average molecular weight is 237 g/mol. The van der Waals surface area contributed by atoms with Gasteiger partial charge in [0.05, 0.1) is 5.69 Å². The molecule has 0 bridgehead atoms. The molecule has 1 rings (SSSR count). The van der Waals surface area contributed by atoms with Gasteiger partial charge < -0.3 is 5.32 Å². The Kier molecular flexibility index (Phi) is 5.19. The van der Waals surface area contributed by atoms with Crippen LogP contribution in [0.4, 0.5) is 0 Å². The monoisotopic (exact) mass is 237 g/mol. The van der Waals surface area contributed by atoms with E-state index in [1.807, 2.05) is 11.7 Å². The molecule has 98 valence electrons. The summed E-state index contributed by atoms with van der Waals surface area (Å²) in [5, 5.41) is 8.18. The minimum atomic E-state index is 0.493. The first-order chi connectivity index (χ1) is 7.95. The molecule has 0 aromatic carbocycles. The summed E-state index contributed by atoms with van der Waals surface area (Å²) in [7, 11) is 2.00. The van der Waals surface area contributed by atoms with Gasteiger partial charge >= 0.3 is 0 Å². The quantitative estimate of drug-likeness (QED) is 0.824. The van der Waals surface area contributed by atoms with Crippen molar-refractivity contribution in [3.05, 3.63) is 17.5 Å². The van der Waals surface area contributed by atoms with Crippen molar-refractivity contribution in [3.63, 3.8) is 0 Å². The molecule has 1 atom stereocenters. The zero-order valence-electron chi connectivity index (χ0n) is 12.1. The third-order valence-corrected chi connectivity index (χ3v) is 3.28. The summed E-state index contributed by atoms with van der Waals surface area (Å²) >= 11 is 0. The fourth-order valence-corrected chi connectivity index (χ4v) is 2.27. The second kappa shape index (κ2) is 6.20. The van der Waals surface area contributed by atoms with Gasteiger partial charge in [0.25, 0.3) is 0 Å². The summed E-state index contributed by atoms with van der Waals surface area (Å²) in [5.74, 6) is 1.17. The van der Waals surface area contributed by atoms with E-state index < -0.39 is 0 Å². The molecule has 1 unspecified atom stereocenters. The van der Waals surface area contributed by atoms with E-state index in [9.17, 15) is 0 Å². The molecule has 3 heteroatoms. The highest BCUT2D eigenvalue weighted by Gasteiger charge is 2.14. The number of nitrogens with one attached hydrogen (secondary N) is 1. The normalized spacial score (nSPS) is 13.6. The standard InChI is InChI=1S/C14H27N3/c1-7-13(10(2)3)15-8-12-9-17(6)16-14(12)11(4)5/h9-11,13,15H,7-8H2,1-6H3. The second-order valence-corrected chi connectivity index (χ2v) is 5.51. The summed E-state index contributed by atoms with van der Waals surface area (Å²) in [6.45, 7) is 12.1. The Balaban J connectivity index is 2.68.